The lowest BCUT2D eigenvalue weighted by Crippen LogP contribution is -2.45. The summed E-state index contributed by atoms with van der Waals surface area (Å²) >= 11 is 0. The van der Waals surface area contributed by atoms with Crippen molar-refractivity contribution in [1.29, 1.82) is 0 Å². The van der Waals surface area contributed by atoms with Gasteiger partial charge in [0.1, 0.15) is 6.04 Å². The lowest BCUT2D eigenvalue weighted by molar-refractivity contribution is -0.141. The highest BCUT2D eigenvalue weighted by Crippen LogP contribution is 2.43. The molecular formula is C23H20N2O5. The predicted octanol–water partition coefficient (Wildman–Crippen LogP) is 2.96. The molecular weight excluding hydrogens is 384 g/mol. The SMILES string of the molecule is O=C(O)[C@H]1C[C@H]2CCC[C@H]2N1C(=O)c1ccccc1N1C(=O)c2ccccc2C1=O. The first-order chi connectivity index (χ1) is 14.5. The zero-order chi connectivity index (χ0) is 21.0. The third kappa shape index (κ3) is 2.58. The first kappa shape index (κ1) is 18.5. The first-order valence-electron chi connectivity index (χ1n) is 10.1. The van der Waals surface area contributed by atoms with E-state index >= 15 is 0 Å². The minimum atomic E-state index is -1.02. The van der Waals surface area contributed by atoms with Crippen LogP contribution < -0.4 is 4.90 Å². The summed E-state index contributed by atoms with van der Waals surface area (Å²) in [6.07, 6.45) is 3.10. The Morgan fingerprint density at radius 1 is 0.900 bits per heavy atom. The summed E-state index contributed by atoms with van der Waals surface area (Å²) in [4.78, 5) is 53.8. The number of carbonyl (C=O) groups is 4. The second-order valence-electron chi connectivity index (χ2n) is 8.07. The quantitative estimate of drug-likeness (QED) is 0.794. The van der Waals surface area contributed by atoms with Crippen LogP contribution in [0.15, 0.2) is 48.5 Å². The van der Waals surface area contributed by atoms with Crippen LogP contribution in [0, 0.1) is 5.92 Å². The van der Waals surface area contributed by atoms with Crippen LogP contribution in [-0.2, 0) is 4.79 Å². The topological polar surface area (TPSA) is 95.0 Å². The summed E-state index contributed by atoms with van der Waals surface area (Å²) in [5.41, 5.74) is 0.959. The number of hydrogen-bond acceptors (Lipinski definition) is 4. The lowest BCUT2D eigenvalue weighted by Gasteiger charge is -2.29. The van der Waals surface area contributed by atoms with E-state index in [1.54, 1.807) is 48.5 Å². The molecule has 0 bridgehead atoms. The molecule has 5 rings (SSSR count). The molecule has 1 saturated carbocycles. The van der Waals surface area contributed by atoms with E-state index in [-0.39, 0.29) is 23.2 Å². The summed E-state index contributed by atoms with van der Waals surface area (Å²) < 4.78 is 0. The highest BCUT2D eigenvalue weighted by atomic mass is 16.4. The van der Waals surface area contributed by atoms with E-state index in [4.69, 9.17) is 0 Å². The van der Waals surface area contributed by atoms with Gasteiger partial charge in [-0.3, -0.25) is 14.4 Å². The number of carboxylic acids is 1. The number of imide groups is 1. The number of rotatable bonds is 3. The molecule has 7 nitrogen and oxygen atoms in total. The van der Waals surface area contributed by atoms with Crippen molar-refractivity contribution in [3.05, 3.63) is 65.2 Å². The monoisotopic (exact) mass is 404 g/mol. The van der Waals surface area contributed by atoms with Crippen LogP contribution in [0.2, 0.25) is 0 Å². The van der Waals surface area contributed by atoms with E-state index in [9.17, 15) is 24.3 Å². The summed E-state index contributed by atoms with van der Waals surface area (Å²) in [7, 11) is 0. The van der Waals surface area contributed by atoms with Gasteiger partial charge in [-0.05, 0) is 49.4 Å². The Bertz CT molecular complexity index is 1060. The van der Waals surface area contributed by atoms with Crippen LogP contribution in [0.3, 0.4) is 0 Å². The van der Waals surface area contributed by atoms with Crippen molar-refractivity contribution >= 4 is 29.4 Å². The molecule has 0 unspecified atom stereocenters. The Hall–Kier alpha value is -3.48. The van der Waals surface area contributed by atoms with Crippen molar-refractivity contribution in [2.45, 2.75) is 37.8 Å². The number of aliphatic carboxylic acids is 1. The molecule has 0 spiro atoms. The standard InChI is InChI=1S/C23H20N2O5/c26-20-14-7-1-2-8-15(14)21(27)25(20)18-10-4-3-9-16(18)22(28)24-17-11-5-6-13(17)12-19(24)23(29)30/h1-4,7-10,13,17,19H,5-6,11-12H2,(H,29,30)/t13-,17-,19-/m1/s1. The number of amides is 3. The van der Waals surface area contributed by atoms with Gasteiger partial charge in [0.25, 0.3) is 17.7 Å². The summed E-state index contributed by atoms with van der Waals surface area (Å²) in [6.45, 7) is 0. The van der Waals surface area contributed by atoms with Gasteiger partial charge >= 0.3 is 5.97 Å². The lowest BCUT2D eigenvalue weighted by atomic mass is 10.0. The Labute approximate surface area is 172 Å². The van der Waals surface area contributed by atoms with Gasteiger partial charge in [-0.2, -0.15) is 0 Å². The van der Waals surface area contributed by atoms with Crippen LogP contribution in [-0.4, -0.2) is 45.8 Å². The van der Waals surface area contributed by atoms with E-state index in [1.807, 2.05) is 0 Å². The smallest absolute Gasteiger partial charge is 0.326 e. The first-order valence-corrected chi connectivity index (χ1v) is 10.1. The van der Waals surface area contributed by atoms with E-state index in [0.29, 0.717) is 17.5 Å². The highest BCUT2D eigenvalue weighted by molar-refractivity contribution is 6.35. The Kier molecular flexibility index (Phi) is 4.20. The molecule has 1 aliphatic carbocycles. The minimum Gasteiger partial charge on any atom is -0.480 e. The Balaban J connectivity index is 1.56. The fourth-order valence-corrected chi connectivity index (χ4v) is 5.20. The maximum absolute atomic E-state index is 13.6. The van der Waals surface area contributed by atoms with E-state index in [0.717, 1.165) is 24.2 Å². The molecule has 2 aromatic carbocycles. The van der Waals surface area contributed by atoms with Gasteiger partial charge in [0.05, 0.1) is 22.4 Å². The van der Waals surface area contributed by atoms with Crippen molar-refractivity contribution < 1.29 is 24.3 Å². The molecule has 30 heavy (non-hydrogen) atoms. The minimum absolute atomic E-state index is 0.117. The maximum Gasteiger partial charge on any atom is 0.326 e. The zero-order valence-corrected chi connectivity index (χ0v) is 16.2. The number of fused-ring (bicyclic) bond motifs is 2. The molecule has 3 amide bonds. The number of carbonyl (C=O) groups excluding carboxylic acids is 3. The maximum atomic E-state index is 13.6. The molecule has 3 atom stereocenters. The third-order valence-electron chi connectivity index (χ3n) is 6.53. The predicted molar refractivity (Wildman–Crippen MR) is 107 cm³/mol. The average molecular weight is 404 g/mol. The molecule has 0 aromatic heterocycles. The van der Waals surface area contributed by atoms with Crippen molar-refractivity contribution in [1.82, 2.24) is 4.90 Å². The molecule has 3 aliphatic rings. The normalized spacial score (nSPS) is 24.9. The molecule has 2 aromatic rings. The van der Waals surface area contributed by atoms with E-state index < -0.39 is 29.7 Å². The average Bonchev–Trinajstić information content (AvgIpc) is 3.41. The van der Waals surface area contributed by atoms with Gasteiger partial charge < -0.3 is 10.0 Å². The molecule has 7 heteroatoms. The Morgan fingerprint density at radius 2 is 1.53 bits per heavy atom. The molecule has 1 N–H and O–H groups in total. The van der Waals surface area contributed by atoms with Crippen LogP contribution >= 0.6 is 0 Å². The van der Waals surface area contributed by atoms with Crippen LogP contribution in [0.5, 0.6) is 0 Å². The second-order valence-corrected chi connectivity index (χ2v) is 8.07. The third-order valence-corrected chi connectivity index (χ3v) is 6.53. The van der Waals surface area contributed by atoms with Crippen LogP contribution in [0.1, 0.15) is 56.8 Å². The van der Waals surface area contributed by atoms with Crippen molar-refractivity contribution in [2.75, 3.05) is 4.90 Å². The molecule has 2 fully saturated rings. The zero-order valence-electron chi connectivity index (χ0n) is 16.2. The number of hydrogen-bond donors (Lipinski definition) is 1. The molecule has 152 valence electrons. The van der Waals surface area contributed by atoms with Gasteiger partial charge in [-0.25, -0.2) is 9.69 Å². The molecule has 2 aliphatic heterocycles. The number of carboxylic acid groups (broad SMARTS) is 1. The molecule has 2 heterocycles. The van der Waals surface area contributed by atoms with Crippen molar-refractivity contribution in [2.24, 2.45) is 5.92 Å². The van der Waals surface area contributed by atoms with Crippen molar-refractivity contribution in [3.8, 4) is 0 Å². The summed E-state index contributed by atoms with van der Waals surface area (Å²) in [5.74, 6) is -2.24. The number of likely N-dealkylation sites (tertiary alicyclic amines) is 1. The van der Waals surface area contributed by atoms with Gasteiger partial charge in [0.15, 0.2) is 0 Å². The fraction of sp³-hybridized carbons (Fsp3) is 0.304. The van der Waals surface area contributed by atoms with E-state index in [2.05, 4.69) is 0 Å². The van der Waals surface area contributed by atoms with Gasteiger partial charge in [0, 0.05) is 6.04 Å². The van der Waals surface area contributed by atoms with Crippen molar-refractivity contribution in [3.63, 3.8) is 0 Å². The highest BCUT2D eigenvalue weighted by Gasteiger charge is 2.49. The number of anilines is 1. The Morgan fingerprint density at radius 3 is 2.20 bits per heavy atom. The number of para-hydroxylation sites is 1. The van der Waals surface area contributed by atoms with Gasteiger partial charge in [-0.15, -0.1) is 0 Å². The summed E-state index contributed by atoms with van der Waals surface area (Å²) in [6, 6.07) is 12.0. The number of nitrogens with zero attached hydrogens (tertiary/aromatic N) is 2. The van der Waals surface area contributed by atoms with Crippen LogP contribution in [0.25, 0.3) is 0 Å². The van der Waals surface area contributed by atoms with Gasteiger partial charge in [-0.1, -0.05) is 30.7 Å². The van der Waals surface area contributed by atoms with E-state index in [1.165, 1.54) is 4.90 Å². The molecule has 1 saturated heterocycles. The largest absolute Gasteiger partial charge is 0.480 e. The molecule has 0 radical (unpaired) electrons. The van der Waals surface area contributed by atoms with Crippen LogP contribution in [0.4, 0.5) is 5.69 Å². The fourth-order valence-electron chi connectivity index (χ4n) is 5.20. The summed E-state index contributed by atoms with van der Waals surface area (Å²) in [5, 5.41) is 9.71. The number of benzene rings is 2. The second kappa shape index (κ2) is 6.79. The van der Waals surface area contributed by atoms with Gasteiger partial charge in [0.2, 0.25) is 0 Å².